The number of pyridine rings is 1. The van der Waals surface area contributed by atoms with Gasteiger partial charge in [0.15, 0.2) is 0 Å². The number of aromatic nitrogens is 3. The first kappa shape index (κ1) is 18.6. The Balaban J connectivity index is 2.00. The molecule has 0 fully saturated rings. The maximum Gasteiger partial charge on any atom is 0.239 e. The average Bonchev–Trinajstić information content (AvgIpc) is 2.60. The zero-order chi connectivity index (χ0) is 18.2. The third kappa shape index (κ3) is 6.02. The molecule has 7 heteroatoms. The van der Waals surface area contributed by atoms with Crippen molar-refractivity contribution in [2.45, 2.75) is 32.7 Å². The second-order valence-corrected chi connectivity index (χ2v) is 6.46. The summed E-state index contributed by atoms with van der Waals surface area (Å²) < 4.78 is 0. The molecule has 2 aromatic rings. The molecule has 0 saturated carbocycles. The molecule has 25 heavy (non-hydrogen) atoms. The third-order valence-electron chi connectivity index (χ3n) is 3.79. The monoisotopic (exact) mass is 342 g/mol. The SMILES string of the molecule is CC(C)C[C@H](Nc1ccnc(N(C)CCc2ccccn2)n1)C(N)=O. The van der Waals surface area contributed by atoms with Crippen LogP contribution in [0.1, 0.15) is 26.0 Å². The smallest absolute Gasteiger partial charge is 0.239 e. The molecule has 0 unspecified atom stereocenters. The normalized spacial score (nSPS) is 12.0. The fourth-order valence-corrected chi connectivity index (χ4v) is 2.44. The Morgan fingerprint density at radius 1 is 1.24 bits per heavy atom. The van der Waals surface area contributed by atoms with E-state index in [1.165, 1.54) is 0 Å². The van der Waals surface area contributed by atoms with Crippen molar-refractivity contribution in [3.63, 3.8) is 0 Å². The van der Waals surface area contributed by atoms with E-state index in [-0.39, 0.29) is 5.91 Å². The summed E-state index contributed by atoms with van der Waals surface area (Å²) in [5.74, 6) is 1.16. The number of amides is 1. The fourth-order valence-electron chi connectivity index (χ4n) is 2.44. The number of anilines is 2. The third-order valence-corrected chi connectivity index (χ3v) is 3.79. The van der Waals surface area contributed by atoms with Crippen LogP contribution in [0.2, 0.25) is 0 Å². The van der Waals surface area contributed by atoms with Crippen LogP contribution < -0.4 is 16.0 Å². The van der Waals surface area contributed by atoms with E-state index in [1.54, 1.807) is 18.5 Å². The largest absolute Gasteiger partial charge is 0.368 e. The summed E-state index contributed by atoms with van der Waals surface area (Å²) in [6.07, 6.45) is 4.92. The van der Waals surface area contributed by atoms with Crippen molar-refractivity contribution in [1.29, 1.82) is 0 Å². The number of hydrogen-bond donors (Lipinski definition) is 2. The predicted octanol–water partition coefficient (Wildman–Crippen LogP) is 1.86. The van der Waals surface area contributed by atoms with E-state index in [9.17, 15) is 4.79 Å². The van der Waals surface area contributed by atoms with Crippen molar-refractivity contribution < 1.29 is 4.79 Å². The topological polar surface area (TPSA) is 97.0 Å². The molecule has 1 amide bonds. The Labute approximate surface area is 148 Å². The van der Waals surface area contributed by atoms with Crippen molar-refractivity contribution in [2.24, 2.45) is 11.7 Å². The summed E-state index contributed by atoms with van der Waals surface area (Å²) in [6.45, 7) is 4.84. The Morgan fingerprint density at radius 3 is 2.68 bits per heavy atom. The second-order valence-electron chi connectivity index (χ2n) is 6.46. The maximum atomic E-state index is 11.6. The first-order chi connectivity index (χ1) is 12.0. The van der Waals surface area contributed by atoms with Crippen LogP contribution >= 0.6 is 0 Å². The highest BCUT2D eigenvalue weighted by Gasteiger charge is 2.17. The van der Waals surface area contributed by atoms with E-state index in [1.807, 2.05) is 30.1 Å². The van der Waals surface area contributed by atoms with Crippen LogP contribution in [0.15, 0.2) is 36.7 Å². The molecule has 134 valence electrons. The standard InChI is InChI=1S/C18H26N6O/c1-13(2)12-15(17(19)25)22-16-7-10-21-18(23-16)24(3)11-8-14-6-4-5-9-20-14/h4-7,9-10,13,15H,8,11-12H2,1-3H3,(H2,19,25)(H,21,22,23)/t15-/m0/s1. The lowest BCUT2D eigenvalue weighted by Gasteiger charge is -2.20. The lowest BCUT2D eigenvalue weighted by molar-refractivity contribution is -0.119. The van der Waals surface area contributed by atoms with E-state index >= 15 is 0 Å². The molecule has 0 bridgehead atoms. The van der Waals surface area contributed by atoms with Gasteiger partial charge in [0.2, 0.25) is 11.9 Å². The first-order valence-electron chi connectivity index (χ1n) is 8.45. The number of nitrogens with two attached hydrogens (primary N) is 1. The van der Waals surface area contributed by atoms with Gasteiger partial charge < -0.3 is 16.0 Å². The molecule has 1 atom stereocenters. The van der Waals surface area contributed by atoms with Gasteiger partial charge in [-0.15, -0.1) is 0 Å². The summed E-state index contributed by atoms with van der Waals surface area (Å²) in [7, 11) is 1.93. The van der Waals surface area contributed by atoms with E-state index in [0.717, 1.165) is 18.7 Å². The van der Waals surface area contributed by atoms with Crippen molar-refractivity contribution in [3.05, 3.63) is 42.4 Å². The van der Waals surface area contributed by atoms with Gasteiger partial charge in [0.05, 0.1) is 0 Å². The number of carbonyl (C=O) groups is 1. The van der Waals surface area contributed by atoms with Gasteiger partial charge in [0.25, 0.3) is 0 Å². The highest BCUT2D eigenvalue weighted by atomic mass is 16.1. The minimum absolute atomic E-state index is 0.354. The number of rotatable bonds is 9. The van der Waals surface area contributed by atoms with Gasteiger partial charge in [-0.1, -0.05) is 19.9 Å². The van der Waals surface area contributed by atoms with Gasteiger partial charge in [0, 0.05) is 38.1 Å². The molecule has 2 aromatic heterocycles. The molecule has 0 aliphatic heterocycles. The van der Waals surface area contributed by atoms with Crippen molar-refractivity contribution >= 4 is 17.7 Å². The molecule has 2 rings (SSSR count). The molecule has 0 aromatic carbocycles. The Bertz CT molecular complexity index is 676. The summed E-state index contributed by atoms with van der Waals surface area (Å²) in [5.41, 5.74) is 6.50. The second kappa shape index (κ2) is 8.96. The Morgan fingerprint density at radius 2 is 2.04 bits per heavy atom. The van der Waals surface area contributed by atoms with Crippen LogP contribution in [0.5, 0.6) is 0 Å². The lowest BCUT2D eigenvalue weighted by Crippen LogP contribution is -2.37. The molecule has 0 radical (unpaired) electrons. The van der Waals surface area contributed by atoms with Gasteiger partial charge >= 0.3 is 0 Å². The highest BCUT2D eigenvalue weighted by Crippen LogP contribution is 2.14. The molecular formula is C18H26N6O. The summed E-state index contributed by atoms with van der Waals surface area (Å²) in [5, 5.41) is 3.11. The van der Waals surface area contributed by atoms with E-state index < -0.39 is 6.04 Å². The summed E-state index contributed by atoms with van der Waals surface area (Å²) in [6, 6.07) is 7.17. The van der Waals surface area contributed by atoms with E-state index in [4.69, 9.17) is 5.73 Å². The summed E-state index contributed by atoms with van der Waals surface area (Å²) >= 11 is 0. The minimum Gasteiger partial charge on any atom is -0.368 e. The molecule has 0 aliphatic rings. The summed E-state index contributed by atoms with van der Waals surface area (Å²) in [4.78, 5) is 26.7. The number of likely N-dealkylation sites (N-methyl/N-ethyl adjacent to an activating group) is 1. The van der Waals surface area contributed by atoms with Gasteiger partial charge in [-0.25, -0.2) is 4.98 Å². The van der Waals surface area contributed by atoms with Crippen molar-refractivity contribution in [2.75, 3.05) is 23.8 Å². The van der Waals surface area contributed by atoms with Crippen LogP contribution in [-0.2, 0) is 11.2 Å². The Kier molecular flexibility index (Phi) is 6.68. The fraction of sp³-hybridized carbons (Fsp3) is 0.444. The van der Waals surface area contributed by atoms with Gasteiger partial charge in [-0.05, 0) is 30.5 Å². The van der Waals surface area contributed by atoms with Crippen LogP contribution in [0.4, 0.5) is 11.8 Å². The number of primary amides is 1. The van der Waals surface area contributed by atoms with Crippen LogP contribution in [0, 0.1) is 5.92 Å². The lowest BCUT2D eigenvalue weighted by atomic mass is 10.0. The molecule has 0 aliphatic carbocycles. The highest BCUT2D eigenvalue weighted by molar-refractivity contribution is 5.82. The van der Waals surface area contributed by atoms with Crippen molar-refractivity contribution in [3.8, 4) is 0 Å². The molecule has 7 nitrogen and oxygen atoms in total. The zero-order valence-electron chi connectivity index (χ0n) is 15.0. The molecular weight excluding hydrogens is 316 g/mol. The molecule has 0 saturated heterocycles. The Hall–Kier alpha value is -2.70. The van der Waals surface area contributed by atoms with Crippen LogP contribution in [0.3, 0.4) is 0 Å². The van der Waals surface area contributed by atoms with Gasteiger partial charge in [-0.3, -0.25) is 9.78 Å². The van der Waals surface area contributed by atoms with Crippen LogP contribution in [0.25, 0.3) is 0 Å². The van der Waals surface area contributed by atoms with E-state index in [0.29, 0.717) is 24.1 Å². The van der Waals surface area contributed by atoms with Gasteiger partial charge in [-0.2, -0.15) is 4.98 Å². The number of nitrogens with one attached hydrogen (secondary N) is 1. The predicted molar refractivity (Wildman–Crippen MR) is 99.3 cm³/mol. The van der Waals surface area contributed by atoms with Crippen LogP contribution in [-0.4, -0.2) is 40.5 Å². The van der Waals surface area contributed by atoms with Crippen molar-refractivity contribution in [1.82, 2.24) is 15.0 Å². The first-order valence-corrected chi connectivity index (χ1v) is 8.45. The average molecular weight is 342 g/mol. The quantitative estimate of drug-likeness (QED) is 0.722. The van der Waals surface area contributed by atoms with Gasteiger partial charge in [0.1, 0.15) is 11.9 Å². The van der Waals surface area contributed by atoms with E-state index in [2.05, 4.69) is 34.1 Å². The number of nitrogens with zero attached hydrogens (tertiary/aromatic N) is 4. The number of hydrogen-bond acceptors (Lipinski definition) is 6. The maximum absolute atomic E-state index is 11.6. The zero-order valence-corrected chi connectivity index (χ0v) is 15.0. The molecule has 2 heterocycles. The minimum atomic E-state index is -0.443. The molecule has 0 spiro atoms. The number of carbonyl (C=O) groups excluding carboxylic acids is 1. The molecule has 3 N–H and O–H groups in total.